The third-order valence-corrected chi connectivity index (χ3v) is 10.0. The van der Waals surface area contributed by atoms with Crippen molar-refractivity contribution in [2.45, 2.75) is 95.0 Å². The Morgan fingerprint density at radius 3 is 2.31 bits per heavy atom. The molecule has 6 rings (SSSR count). The van der Waals surface area contributed by atoms with Gasteiger partial charge in [0, 0.05) is 25.4 Å². The highest BCUT2D eigenvalue weighted by molar-refractivity contribution is 6.28. The molecule has 1 aliphatic carbocycles. The quantitative estimate of drug-likeness (QED) is 0.337. The standard InChI is InChI=1S/C39H47N5O7/c1-38(2,3)51-37(50)41-30-20-14-6-4-5-13-19-27-22-39(27,36(48)49)42-33(45)31-21-28(24-43(31)34(30)46)44-35(47)32(26-17-11-8-12-18-26)29(23-40-44)25-15-9-7-10-16-25/h7-13,15-19,27-28,30-31,40H,4-6,14,20-24H2,1-3H3,(H,41,50)(H,42,45)(H,48,49)/b19-13-/t27-,28-,30+,31?,39-/m1/s1. The number of nitrogens with one attached hydrogen (secondary N) is 3. The van der Waals surface area contributed by atoms with E-state index in [1.807, 2.05) is 72.8 Å². The van der Waals surface area contributed by atoms with Crippen LogP contribution < -0.4 is 16.1 Å². The van der Waals surface area contributed by atoms with Crippen LogP contribution in [0.5, 0.6) is 0 Å². The van der Waals surface area contributed by atoms with Crippen LogP contribution >= 0.6 is 0 Å². The van der Waals surface area contributed by atoms with Crippen molar-refractivity contribution in [3.05, 3.63) is 83.9 Å². The number of carbonyl (C=O) groups is 5. The molecule has 2 aromatic carbocycles. The fourth-order valence-corrected chi connectivity index (χ4v) is 7.37. The van der Waals surface area contributed by atoms with Crippen molar-refractivity contribution in [3.63, 3.8) is 0 Å². The number of hydrazine groups is 1. The average molecular weight is 698 g/mol. The number of ether oxygens (including phenoxy) is 1. The molecule has 1 saturated carbocycles. The minimum Gasteiger partial charge on any atom is -0.479 e. The van der Waals surface area contributed by atoms with E-state index in [1.165, 1.54) is 9.91 Å². The molecule has 12 nitrogen and oxygen atoms in total. The zero-order valence-corrected chi connectivity index (χ0v) is 29.4. The van der Waals surface area contributed by atoms with Crippen molar-refractivity contribution in [1.29, 1.82) is 0 Å². The van der Waals surface area contributed by atoms with Crippen LogP contribution in [0.2, 0.25) is 0 Å². The number of nitrogens with zero attached hydrogens (tertiary/aromatic N) is 2. The smallest absolute Gasteiger partial charge is 0.408 e. The normalized spacial score (nSPS) is 28.1. The maximum atomic E-state index is 14.5. The molecule has 0 aromatic heterocycles. The number of allylic oxidation sites excluding steroid dienone is 1. The van der Waals surface area contributed by atoms with Gasteiger partial charge in [0.05, 0.1) is 11.6 Å². The summed E-state index contributed by atoms with van der Waals surface area (Å²) in [6, 6.07) is 16.3. The Kier molecular flexibility index (Phi) is 10.3. The van der Waals surface area contributed by atoms with Crippen LogP contribution in [0.25, 0.3) is 11.1 Å². The number of aliphatic carboxylic acids is 1. The van der Waals surface area contributed by atoms with Gasteiger partial charge in [-0.3, -0.25) is 19.4 Å². The monoisotopic (exact) mass is 697 g/mol. The summed E-state index contributed by atoms with van der Waals surface area (Å²) < 4.78 is 5.49. The molecular weight excluding hydrogens is 650 g/mol. The molecule has 0 radical (unpaired) electrons. The predicted molar refractivity (Wildman–Crippen MR) is 190 cm³/mol. The first kappa shape index (κ1) is 35.8. The number of rotatable bonds is 5. The highest BCUT2D eigenvalue weighted by Gasteiger charge is 2.61. The van der Waals surface area contributed by atoms with Crippen LogP contribution in [0, 0.1) is 5.92 Å². The first-order chi connectivity index (χ1) is 24.4. The largest absolute Gasteiger partial charge is 0.479 e. The molecule has 3 heterocycles. The molecular formula is C39H47N5O7. The van der Waals surface area contributed by atoms with Crippen LogP contribution in [0.4, 0.5) is 4.79 Å². The van der Waals surface area contributed by atoms with Crippen LogP contribution in [-0.2, 0) is 23.9 Å². The van der Waals surface area contributed by atoms with Crippen molar-refractivity contribution >= 4 is 40.9 Å². The van der Waals surface area contributed by atoms with Crippen molar-refractivity contribution < 1.29 is 33.8 Å². The van der Waals surface area contributed by atoms with Gasteiger partial charge >= 0.3 is 12.1 Å². The highest BCUT2D eigenvalue weighted by atomic mass is 16.6. The first-order valence-corrected chi connectivity index (χ1v) is 17.8. The minimum absolute atomic E-state index is 0.00565. The number of amides is 4. The van der Waals surface area contributed by atoms with E-state index in [0.717, 1.165) is 36.0 Å². The van der Waals surface area contributed by atoms with E-state index in [0.29, 0.717) is 25.0 Å². The summed E-state index contributed by atoms with van der Waals surface area (Å²) in [6.45, 7) is 5.51. The highest BCUT2D eigenvalue weighted by Crippen LogP contribution is 2.45. The number of fused-ring (bicyclic) bond motifs is 2. The maximum Gasteiger partial charge on any atom is 0.408 e. The zero-order chi connectivity index (χ0) is 36.3. The lowest BCUT2D eigenvalue weighted by molar-refractivity contribution is -0.145. The van der Waals surface area contributed by atoms with E-state index in [1.54, 1.807) is 20.8 Å². The summed E-state index contributed by atoms with van der Waals surface area (Å²) in [5, 5.41) is 17.3. The van der Waals surface area contributed by atoms with Crippen molar-refractivity contribution in [1.82, 2.24) is 26.0 Å². The Morgan fingerprint density at radius 1 is 0.961 bits per heavy atom. The second-order valence-electron chi connectivity index (χ2n) is 14.8. The molecule has 1 unspecified atom stereocenters. The van der Waals surface area contributed by atoms with Gasteiger partial charge in [0.1, 0.15) is 23.2 Å². The van der Waals surface area contributed by atoms with E-state index in [4.69, 9.17) is 4.74 Å². The van der Waals surface area contributed by atoms with Crippen molar-refractivity contribution in [2.75, 3.05) is 13.1 Å². The van der Waals surface area contributed by atoms with E-state index in [2.05, 4.69) is 16.1 Å². The SMILES string of the molecule is CC(C)(C)OC(=O)N[C@H]1CCCCC/C=C\[C@@H]2C[C@@]2(C(=O)O)NC(=O)C2C[C@@H](N3NCC(c4ccccc4)=C(c4ccccc4)C3=O)CN2C1=O. The van der Waals surface area contributed by atoms with E-state index in [9.17, 15) is 29.1 Å². The molecule has 5 atom stereocenters. The first-order valence-electron chi connectivity index (χ1n) is 17.8. The average Bonchev–Trinajstić information content (AvgIpc) is 3.61. The third kappa shape index (κ3) is 7.85. The number of hydrogen-bond acceptors (Lipinski definition) is 7. The lowest BCUT2D eigenvalue weighted by atomic mass is 9.92. The predicted octanol–water partition coefficient (Wildman–Crippen LogP) is 4.29. The summed E-state index contributed by atoms with van der Waals surface area (Å²) >= 11 is 0. The Labute approximate surface area is 298 Å². The van der Waals surface area contributed by atoms with Gasteiger partial charge in [-0.2, -0.15) is 0 Å². The van der Waals surface area contributed by atoms with Crippen LogP contribution in [0.3, 0.4) is 0 Å². The number of benzene rings is 2. The molecule has 0 spiro atoms. The molecule has 3 aliphatic heterocycles. The Balaban J connectivity index is 1.34. The van der Waals surface area contributed by atoms with E-state index in [-0.39, 0.29) is 31.2 Å². The zero-order valence-electron chi connectivity index (χ0n) is 29.4. The lowest BCUT2D eigenvalue weighted by Crippen LogP contribution is -2.57. The van der Waals surface area contributed by atoms with Gasteiger partial charge in [0.15, 0.2) is 0 Å². The van der Waals surface area contributed by atoms with Crippen molar-refractivity contribution in [3.8, 4) is 0 Å². The van der Waals surface area contributed by atoms with Gasteiger partial charge in [-0.25, -0.2) is 15.0 Å². The second kappa shape index (κ2) is 14.7. The van der Waals surface area contributed by atoms with Crippen molar-refractivity contribution in [2.24, 2.45) is 5.92 Å². The fourth-order valence-electron chi connectivity index (χ4n) is 7.37. The van der Waals surface area contributed by atoms with Crippen LogP contribution in [-0.4, -0.2) is 87.2 Å². The van der Waals surface area contributed by atoms with Crippen LogP contribution in [0.1, 0.15) is 76.8 Å². The molecule has 4 amide bonds. The molecule has 4 aliphatic rings. The molecule has 51 heavy (non-hydrogen) atoms. The number of hydrogen-bond donors (Lipinski definition) is 4. The maximum absolute atomic E-state index is 14.5. The lowest BCUT2D eigenvalue weighted by Gasteiger charge is -2.36. The number of alkyl carbamates (subject to hydrolysis) is 1. The second-order valence-corrected chi connectivity index (χ2v) is 14.8. The summed E-state index contributed by atoms with van der Waals surface area (Å²) in [4.78, 5) is 70.0. The Hall–Kier alpha value is -4.97. The molecule has 2 aromatic rings. The summed E-state index contributed by atoms with van der Waals surface area (Å²) in [5.41, 5.74) is 3.98. The van der Waals surface area contributed by atoms with E-state index < -0.39 is 53.1 Å². The molecule has 4 N–H and O–H groups in total. The Morgan fingerprint density at radius 2 is 1.65 bits per heavy atom. The number of carboxylic acids is 1. The van der Waals surface area contributed by atoms with Gasteiger partial charge in [0.25, 0.3) is 5.91 Å². The molecule has 2 fully saturated rings. The fraction of sp³-hybridized carbons (Fsp3) is 0.462. The van der Waals surface area contributed by atoms with E-state index >= 15 is 0 Å². The van der Waals surface area contributed by atoms with Gasteiger partial charge in [0.2, 0.25) is 11.8 Å². The molecule has 12 heteroatoms. The third-order valence-electron chi connectivity index (χ3n) is 10.0. The number of carboxylic acid groups (broad SMARTS) is 1. The van der Waals surface area contributed by atoms with Gasteiger partial charge < -0.3 is 25.4 Å². The number of carbonyl (C=O) groups excluding carboxylic acids is 4. The molecule has 270 valence electrons. The van der Waals surface area contributed by atoms with Gasteiger partial charge in [-0.05, 0) is 63.2 Å². The summed E-state index contributed by atoms with van der Waals surface area (Å²) in [6.07, 6.45) is 6.67. The topological polar surface area (TPSA) is 157 Å². The molecule has 1 saturated heterocycles. The molecule has 0 bridgehead atoms. The van der Waals surface area contributed by atoms with Crippen LogP contribution in [0.15, 0.2) is 72.8 Å². The Bertz CT molecular complexity index is 1720. The van der Waals surface area contributed by atoms with Gasteiger partial charge in [-0.1, -0.05) is 85.7 Å². The summed E-state index contributed by atoms with van der Waals surface area (Å²) in [5.74, 6) is -2.90. The minimum atomic E-state index is -1.47. The summed E-state index contributed by atoms with van der Waals surface area (Å²) in [7, 11) is 0. The van der Waals surface area contributed by atoms with Gasteiger partial charge in [-0.15, -0.1) is 0 Å².